The Kier molecular flexibility index (Phi) is 5.43. The molecule has 2 aromatic carbocycles. The second kappa shape index (κ2) is 7.10. The number of carbonyl (C=O) groups excluding carboxylic acids is 1. The largest absolute Gasteiger partial charge is 0.314 e. The van der Waals surface area contributed by atoms with Crippen LogP contribution in [0.4, 0.5) is 5.69 Å². The first-order chi connectivity index (χ1) is 9.97. The van der Waals surface area contributed by atoms with Crippen molar-refractivity contribution < 1.29 is 4.79 Å². The molecule has 0 saturated heterocycles. The van der Waals surface area contributed by atoms with Gasteiger partial charge >= 0.3 is 0 Å². The van der Waals surface area contributed by atoms with Crippen molar-refractivity contribution in [1.29, 1.82) is 0 Å². The van der Waals surface area contributed by atoms with Crippen LogP contribution in [0.15, 0.2) is 46.9 Å². The third-order valence-corrected chi connectivity index (χ3v) is 4.15. The van der Waals surface area contributed by atoms with Gasteiger partial charge in [0, 0.05) is 17.9 Å². The van der Waals surface area contributed by atoms with Crippen LogP contribution < -0.4 is 4.90 Å². The maximum absolute atomic E-state index is 12.3. The van der Waals surface area contributed by atoms with Crippen molar-refractivity contribution in [1.82, 2.24) is 0 Å². The summed E-state index contributed by atoms with van der Waals surface area (Å²) in [6, 6.07) is 13.8. The van der Waals surface area contributed by atoms with Crippen LogP contribution in [0, 0.1) is 6.92 Å². The molecule has 0 aliphatic carbocycles. The third-order valence-electron chi connectivity index (χ3n) is 3.36. The van der Waals surface area contributed by atoms with Crippen LogP contribution in [-0.2, 0) is 11.2 Å². The number of hydrogen-bond acceptors (Lipinski definition) is 1. The summed E-state index contributed by atoms with van der Waals surface area (Å²) in [5.74, 6) is 0.0562. The van der Waals surface area contributed by atoms with Crippen molar-refractivity contribution in [3.05, 3.63) is 63.1 Å². The minimum Gasteiger partial charge on any atom is -0.314 e. The van der Waals surface area contributed by atoms with Gasteiger partial charge in [-0.05, 0) is 37.1 Å². The molecule has 110 valence electrons. The Morgan fingerprint density at radius 1 is 1.24 bits per heavy atom. The molecule has 0 saturated carbocycles. The van der Waals surface area contributed by atoms with E-state index in [1.54, 1.807) is 18.0 Å². The van der Waals surface area contributed by atoms with Gasteiger partial charge in [0.2, 0.25) is 5.91 Å². The molecule has 2 rings (SSSR count). The van der Waals surface area contributed by atoms with Gasteiger partial charge in [0.05, 0.1) is 10.7 Å². The highest BCUT2D eigenvalue weighted by Gasteiger charge is 2.14. The summed E-state index contributed by atoms with van der Waals surface area (Å²) in [6.07, 6.45) is 1.20. The molecule has 0 aliphatic heterocycles. The second-order valence-corrected chi connectivity index (χ2v) is 6.36. The molecule has 0 spiro atoms. The highest BCUT2D eigenvalue weighted by Crippen LogP contribution is 2.28. The maximum atomic E-state index is 12.3. The molecule has 2 nitrogen and oxygen atoms in total. The molecule has 0 radical (unpaired) electrons. The van der Waals surface area contributed by atoms with E-state index in [-0.39, 0.29) is 5.91 Å². The van der Waals surface area contributed by atoms with Gasteiger partial charge < -0.3 is 4.90 Å². The Morgan fingerprint density at radius 2 is 2.00 bits per heavy atom. The summed E-state index contributed by atoms with van der Waals surface area (Å²) in [6.45, 7) is 2.05. The predicted molar refractivity (Wildman–Crippen MR) is 92.1 cm³/mol. The number of amides is 1. The van der Waals surface area contributed by atoms with Crippen molar-refractivity contribution in [2.24, 2.45) is 0 Å². The summed E-state index contributed by atoms with van der Waals surface area (Å²) in [7, 11) is 1.76. The van der Waals surface area contributed by atoms with Crippen molar-refractivity contribution in [3.8, 4) is 0 Å². The molecule has 21 heavy (non-hydrogen) atoms. The Morgan fingerprint density at radius 3 is 2.67 bits per heavy atom. The van der Waals surface area contributed by atoms with Crippen LogP contribution >= 0.6 is 27.5 Å². The summed E-state index contributed by atoms with van der Waals surface area (Å²) in [4.78, 5) is 13.9. The van der Waals surface area contributed by atoms with Crippen LogP contribution in [-0.4, -0.2) is 13.0 Å². The molecule has 4 heteroatoms. The van der Waals surface area contributed by atoms with Crippen LogP contribution in [0.25, 0.3) is 0 Å². The number of carbonyl (C=O) groups is 1. The van der Waals surface area contributed by atoms with Crippen molar-refractivity contribution >= 4 is 39.1 Å². The van der Waals surface area contributed by atoms with Gasteiger partial charge in [-0.3, -0.25) is 4.79 Å². The van der Waals surface area contributed by atoms with Gasteiger partial charge in [-0.25, -0.2) is 0 Å². The Balaban J connectivity index is 2.02. The van der Waals surface area contributed by atoms with Crippen LogP contribution in [0.3, 0.4) is 0 Å². The van der Waals surface area contributed by atoms with E-state index < -0.39 is 0 Å². The number of anilines is 1. The molecule has 0 fully saturated rings. The quantitative estimate of drug-likeness (QED) is 0.745. The first kappa shape index (κ1) is 16.1. The Labute approximate surface area is 138 Å². The molecular formula is C17H17BrClNO. The Hall–Kier alpha value is -1.32. The fourth-order valence-corrected chi connectivity index (χ4v) is 2.97. The fourth-order valence-electron chi connectivity index (χ4n) is 2.17. The van der Waals surface area contributed by atoms with Gasteiger partial charge in [-0.2, -0.15) is 0 Å². The van der Waals surface area contributed by atoms with Gasteiger partial charge in [-0.1, -0.05) is 57.4 Å². The zero-order valence-corrected chi connectivity index (χ0v) is 14.4. The lowest BCUT2D eigenvalue weighted by Gasteiger charge is -2.19. The zero-order valence-electron chi connectivity index (χ0n) is 12.1. The predicted octanol–water partition coefficient (Wildman–Crippen LogP) is 5.01. The SMILES string of the molecule is Cc1cccc(CCC(=O)N(C)c2ccc(Br)cc2Cl)c1. The molecule has 0 N–H and O–H groups in total. The maximum Gasteiger partial charge on any atom is 0.227 e. The molecule has 0 unspecified atom stereocenters. The number of nitrogens with zero attached hydrogens (tertiary/aromatic N) is 1. The minimum atomic E-state index is 0.0562. The molecule has 2 aromatic rings. The van der Waals surface area contributed by atoms with Crippen LogP contribution in [0.1, 0.15) is 17.5 Å². The van der Waals surface area contributed by atoms with E-state index in [4.69, 9.17) is 11.6 Å². The van der Waals surface area contributed by atoms with E-state index in [1.807, 2.05) is 24.3 Å². The van der Waals surface area contributed by atoms with Crippen molar-refractivity contribution in [2.75, 3.05) is 11.9 Å². The topological polar surface area (TPSA) is 20.3 Å². The van der Waals surface area contributed by atoms with E-state index in [0.717, 1.165) is 16.6 Å². The molecule has 0 atom stereocenters. The number of rotatable bonds is 4. The number of halogens is 2. The van der Waals surface area contributed by atoms with Gasteiger partial charge in [0.25, 0.3) is 0 Å². The van der Waals surface area contributed by atoms with Crippen LogP contribution in [0.5, 0.6) is 0 Å². The lowest BCUT2D eigenvalue weighted by Crippen LogP contribution is -2.26. The van der Waals surface area contributed by atoms with Crippen molar-refractivity contribution in [3.63, 3.8) is 0 Å². The summed E-state index contributed by atoms with van der Waals surface area (Å²) < 4.78 is 0.900. The second-order valence-electron chi connectivity index (χ2n) is 5.04. The summed E-state index contributed by atoms with van der Waals surface area (Å²) >= 11 is 9.55. The van der Waals surface area contributed by atoms with Crippen LogP contribution in [0.2, 0.25) is 5.02 Å². The third kappa shape index (κ3) is 4.32. The first-order valence-corrected chi connectivity index (χ1v) is 7.91. The lowest BCUT2D eigenvalue weighted by atomic mass is 10.1. The lowest BCUT2D eigenvalue weighted by molar-refractivity contribution is -0.118. The average Bonchev–Trinajstić information content (AvgIpc) is 2.44. The van der Waals surface area contributed by atoms with E-state index in [9.17, 15) is 4.79 Å². The standard InChI is InChI=1S/C17H17BrClNO/c1-12-4-3-5-13(10-12)6-9-17(21)20(2)16-8-7-14(18)11-15(16)19/h3-5,7-8,10-11H,6,9H2,1-2H3. The highest BCUT2D eigenvalue weighted by atomic mass is 79.9. The molecular weight excluding hydrogens is 350 g/mol. The van der Waals surface area contributed by atoms with Gasteiger partial charge in [0.1, 0.15) is 0 Å². The highest BCUT2D eigenvalue weighted by molar-refractivity contribution is 9.10. The molecule has 0 heterocycles. The molecule has 0 aromatic heterocycles. The van der Waals surface area contributed by atoms with E-state index in [2.05, 4.69) is 35.0 Å². The number of aryl methyl sites for hydroxylation is 2. The molecule has 0 bridgehead atoms. The van der Waals surface area contributed by atoms with Gasteiger partial charge in [0.15, 0.2) is 0 Å². The number of benzene rings is 2. The molecule has 0 aliphatic rings. The Bertz CT molecular complexity index is 657. The minimum absolute atomic E-state index is 0.0562. The summed E-state index contributed by atoms with van der Waals surface area (Å²) in [5.41, 5.74) is 3.12. The first-order valence-electron chi connectivity index (χ1n) is 6.74. The van der Waals surface area contributed by atoms with E-state index in [0.29, 0.717) is 11.4 Å². The zero-order chi connectivity index (χ0) is 15.4. The van der Waals surface area contributed by atoms with Gasteiger partial charge in [-0.15, -0.1) is 0 Å². The smallest absolute Gasteiger partial charge is 0.227 e. The van der Waals surface area contributed by atoms with E-state index >= 15 is 0 Å². The van der Waals surface area contributed by atoms with Crippen molar-refractivity contribution in [2.45, 2.75) is 19.8 Å². The fraction of sp³-hybridized carbons (Fsp3) is 0.235. The monoisotopic (exact) mass is 365 g/mol. The average molecular weight is 367 g/mol. The number of hydrogen-bond donors (Lipinski definition) is 0. The summed E-state index contributed by atoms with van der Waals surface area (Å²) in [5, 5.41) is 0.566. The van der Waals surface area contributed by atoms with E-state index in [1.165, 1.54) is 11.1 Å². The molecule has 1 amide bonds. The normalized spacial score (nSPS) is 10.5.